The third kappa shape index (κ3) is 1.87. The SMILES string of the molecule is [C-]#[N+]c1cccc(-c2cccc(C#N)n2)n1. The standard InChI is InChI=1S/C12H6N4/c1-14-12-7-3-6-11(16-12)10-5-2-4-9(8-13)15-10/h2-7H. The van der Waals surface area contributed by atoms with E-state index in [1.165, 1.54) is 0 Å². The molecule has 0 aliphatic rings. The summed E-state index contributed by atoms with van der Waals surface area (Å²) in [6.45, 7) is 6.87. The van der Waals surface area contributed by atoms with Gasteiger partial charge in [-0.2, -0.15) is 5.26 Å². The van der Waals surface area contributed by atoms with Gasteiger partial charge in [0.05, 0.1) is 0 Å². The molecular formula is C12H6N4. The molecule has 0 saturated heterocycles. The topological polar surface area (TPSA) is 53.9 Å². The van der Waals surface area contributed by atoms with Gasteiger partial charge < -0.3 is 4.85 Å². The zero-order chi connectivity index (χ0) is 11.4. The highest BCUT2D eigenvalue weighted by Gasteiger charge is 2.06. The highest BCUT2D eigenvalue weighted by atomic mass is 14.9. The summed E-state index contributed by atoms with van der Waals surface area (Å²) in [5.41, 5.74) is 1.54. The van der Waals surface area contributed by atoms with Crippen LogP contribution >= 0.6 is 0 Å². The number of pyridine rings is 2. The lowest BCUT2D eigenvalue weighted by Gasteiger charge is -1.96. The maximum atomic E-state index is 8.73. The van der Waals surface area contributed by atoms with Crippen molar-refractivity contribution in [2.75, 3.05) is 0 Å². The molecule has 2 aromatic heterocycles. The number of aromatic nitrogens is 2. The molecule has 0 unspecified atom stereocenters. The van der Waals surface area contributed by atoms with Crippen molar-refractivity contribution in [1.29, 1.82) is 5.26 Å². The molecule has 0 spiro atoms. The van der Waals surface area contributed by atoms with E-state index in [2.05, 4.69) is 14.8 Å². The third-order valence-corrected chi connectivity index (χ3v) is 1.98. The molecule has 2 aromatic rings. The first-order chi connectivity index (χ1) is 7.83. The maximum absolute atomic E-state index is 8.73. The van der Waals surface area contributed by atoms with Crippen LogP contribution in [0.15, 0.2) is 36.4 Å². The predicted molar refractivity (Wildman–Crippen MR) is 58.4 cm³/mol. The molecule has 0 saturated carbocycles. The highest BCUT2D eigenvalue weighted by Crippen LogP contribution is 2.18. The molecule has 4 heteroatoms. The summed E-state index contributed by atoms with van der Waals surface area (Å²) in [5, 5.41) is 8.73. The van der Waals surface area contributed by atoms with E-state index in [1.807, 2.05) is 6.07 Å². The summed E-state index contributed by atoms with van der Waals surface area (Å²) in [7, 11) is 0. The minimum absolute atomic E-state index is 0.321. The van der Waals surface area contributed by atoms with Crippen LogP contribution in [0.1, 0.15) is 5.69 Å². The molecule has 0 aromatic carbocycles. The van der Waals surface area contributed by atoms with Crippen molar-refractivity contribution in [2.24, 2.45) is 0 Å². The van der Waals surface area contributed by atoms with Crippen LogP contribution in [0, 0.1) is 17.9 Å². The van der Waals surface area contributed by atoms with Crippen LogP contribution in [0.25, 0.3) is 16.2 Å². The van der Waals surface area contributed by atoms with E-state index >= 15 is 0 Å². The second-order valence-electron chi connectivity index (χ2n) is 3.01. The summed E-state index contributed by atoms with van der Waals surface area (Å²) in [6.07, 6.45) is 0. The zero-order valence-corrected chi connectivity index (χ0v) is 8.25. The molecule has 0 amide bonds. The molecule has 4 nitrogen and oxygen atoms in total. The Kier molecular flexibility index (Phi) is 2.58. The molecule has 0 N–H and O–H groups in total. The first-order valence-electron chi connectivity index (χ1n) is 4.55. The van der Waals surface area contributed by atoms with Gasteiger partial charge in [-0.05, 0) is 24.3 Å². The average molecular weight is 206 g/mol. The fourth-order valence-electron chi connectivity index (χ4n) is 1.27. The average Bonchev–Trinajstić information content (AvgIpc) is 2.39. The Bertz CT molecular complexity index is 549. The molecule has 0 atom stereocenters. The molecular weight excluding hydrogens is 200 g/mol. The molecule has 0 bridgehead atoms. The van der Waals surface area contributed by atoms with Gasteiger partial charge in [0, 0.05) is 0 Å². The number of nitrogens with zero attached hydrogens (tertiary/aromatic N) is 4. The van der Waals surface area contributed by atoms with Crippen molar-refractivity contribution in [3.8, 4) is 17.5 Å². The van der Waals surface area contributed by atoms with E-state index in [0.29, 0.717) is 22.9 Å². The van der Waals surface area contributed by atoms with Crippen molar-refractivity contribution >= 4 is 5.82 Å². The first kappa shape index (κ1) is 9.82. The monoisotopic (exact) mass is 206 g/mol. The molecule has 2 rings (SSSR count). The van der Waals surface area contributed by atoms with Crippen LogP contribution < -0.4 is 0 Å². The van der Waals surface area contributed by atoms with Crippen LogP contribution in [0.3, 0.4) is 0 Å². The number of hydrogen-bond acceptors (Lipinski definition) is 3. The van der Waals surface area contributed by atoms with Crippen molar-refractivity contribution in [3.63, 3.8) is 0 Å². The van der Waals surface area contributed by atoms with Gasteiger partial charge in [0.25, 0.3) is 5.82 Å². The van der Waals surface area contributed by atoms with Crippen LogP contribution in [-0.4, -0.2) is 9.97 Å². The van der Waals surface area contributed by atoms with Crippen molar-refractivity contribution in [1.82, 2.24) is 9.97 Å². The van der Waals surface area contributed by atoms with Crippen LogP contribution in [0.5, 0.6) is 0 Å². The van der Waals surface area contributed by atoms with Crippen molar-refractivity contribution in [3.05, 3.63) is 53.5 Å². The Morgan fingerprint density at radius 3 is 2.44 bits per heavy atom. The lowest BCUT2D eigenvalue weighted by atomic mass is 10.2. The Morgan fingerprint density at radius 2 is 1.75 bits per heavy atom. The fourth-order valence-corrected chi connectivity index (χ4v) is 1.27. The van der Waals surface area contributed by atoms with Gasteiger partial charge in [-0.25, -0.2) is 4.98 Å². The summed E-state index contributed by atoms with van der Waals surface area (Å²) >= 11 is 0. The van der Waals surface area contributed by atoms with Crippen molar-refractivity contribution in [2.45, 2.75) is 0 Å². The lowest BCUT2D eigenvalue weighted by molar-refractivity contribution is 1.23. The van der Waals surface area contributed by atoms with Crippen molar-refractivity contribution < 1.29 is 0 Å². The zero-order valence-electron chi connectivity index (χ0n) is 8.25. The smallest absolute Gasteiger partial charge is 0.270 e. The number of rotatable bonds is 1. The third-order valence-electron chi connectivity index (χ3n) is 1.98. The number of hydrogen-bond donors (Lipinski definition) is 0. The molecule has 74 valence electrons. The first-order valence-corrected chi connectivity index (χ1v) is 4.55. The molecule has 0 radical (unpaired) electrons. The number of nitriles is 1. The summed E-state index contributed by atoms with van der Waals surface area (Å²) in [4.78, 5) is 11.5. The van der Waals surface area contributed by atoms with Gasteiger partial charge in [-0.1, -0.05) is 18.7 Å². The maximum Gasteiger partial charge on any atom is 0.270 e. The Morgan fingerprint density at radius 1 is 1.06 bits per heavy atom. The lowest BCUT2D eigenvalue weighted by Crippen LogP contribution is -1.89. The van der Waals surface area contributed by atoms with Gasteiger partial charge in [-0.3, -0.25) is 0 Å². The second kappa shape index (κ2) is 4.20. The minimum Gasteiger partial charge on any atom is -0.361 e. The normalized spacial score (nSPS) is 9.12. The van der Waals surface area contributed by atoms with Gasteiger partial charge in [0.2, 0.25) is 0 Å². The van der Waals surface area contributed by atoms with Gasteiger partial charge >= 0.3 is 0 Å². The summed E-state index contributed by atoms with van der Waals surface area (Å²) in [6, 6.07) is 12.2. The molecule has 0 aliphatic heterocycles. The Balaban J connectivity index is 2.51. The summed E-state index contributed by atoms with van der Waals surface area (Å²) < 4.78 is 0. The van der Waals surface area contributed by atoms with E-state index < -0.39 is 0 Å². The van der Waals surface area contributed by atoms with Crippen LogP contribution in [-0.2, 0) is 0 Å². The molecule has 2 heterocycles. The largest absolute Gasteiger partial charge is 0.361 e. The van der Waals surface area contributed by atoms with Gasteiger partial charge in [-0.15, -0.1) is 4.98 Å². The predicted octanol–water partition coefficient (Wildman–Crippen LogP) is 2.57. The van der Waals surface area contributed by atoms with E-state index in [-0.39, 0.29) is 0 Å². The van der Waals surface area contributed by atoms with E-state index in [0.717, 1.165) is 0 Å². The highest BCUT2D eigenvalue weighted by molar-refractivity contribution is 5.57. The van der Waals surface area contributed by atoms with Crippen LogP contribution in [0.2, 0.25) is 0 Å². The minimum atomic E-state index is 0.321. The van der Waals surface area contributed by atoms with E-state index in [9.17, 15) is 0 Å². The molecule has 0 fully saturated rings. The summed E-state index contributed by atoms with van der Waals surface area (Å²) in [5.74, 6) is 0.321. The quantitative estimate of drug-likeness (QED) is 0.674. The van der Waals surface area contributed by atoms with E-state index in [1.54, 1.807) is 36.4 Å². The van der Waals surface area contributed by atoms with Crippen LogP contribution in [0.4, 0.5) is 5.82 Å². The fraction of sp³-hybridized carbons (Fsp3) is 0. The molecule has 0 aliphatic carbocycles. The Labute approximate surface area is 92.7 Å². The van der Waals surface area contributed by atoms with E-state index in [4.69, 9.17) is 11.8 Å². The Hall–Kier alpha value is -2.72. The molecule has 16 heavy (non-hydrogen) atoms. The second-order valence-corrected chi connectivity index (χ2v) is 3.01. The van der Waals surface area contributed by atoms with Gasteiger partial charge in [0.1, 0.15) is 17.5 Å². The van der Waals surface area contributed by atoms with Gasteiger partial charge in [0.15, 0.2) is 5.69 Å².